The number of hydrogen-bond donors (Lipinski definition) is 0. The number of rotatable bonds is 6. The van der Waals surface area contributed by atoms with Gasteiger partial charge in [0.05, 0.1) is 11.1 Å². The second kappa shape index (κ2) is 17.4. The molecule has 0 nitrogen and oxygen atoms in total. The van der Waals surface area contributed by atoms with Gasteiger partial charge in [-0.2, -0.15) is 38.5 Å². The molecule has 6 aromatic carbocycles. The molecule has 0 aliphatic heterocycles. The average Bonchev–Trinajstić information content (AvgIpc) is 3.65. The average molecular weight is 752 g/mol. The molecule has 248 valence electrons. The van der Waals surface area contributed by atoms with E-state index in [4.69, 9.17) is 0 Å². The number of benzene rings is 4. The van der Waals surface area contributed by atoms with Gasteiger partial charge in [-0.05, 0) is 36.1 Å². The molecule has 8 heteroatoms. The van der Waals surface area contributed by atoms with Crippen LogP contribution in [0.5, 0.6) is 0 Å². The summed E-state index contributed by atoms with van der Waals surface area (Å²) in [6, 6.07) is 30.8. The van der Waals surface area contributed by atoms with Crippen molar-refractivity contribution >= 4 is 31.1 Å². The molecule has 2 radical (unpaired) electrons. The molecule has 0 unspecified atom stereocenters. The Kier molecular flexibility index (Phi) is 14.3. The first-order valence-corrected chi connectivity index (χ1v) is 17.7. The second-order valence-corrected chi connectivity index (χ2v) is 12.4. The van der Waals surface area contributed by atoms with Crippen LogP contribution in [0.1, 0.15) is 48.9 Å². The maximum atomic E-state index is 13.3. The standard InChI is InChI=1S/2C19H16F3.C2H6Si.Zr/c2*1-2-6-13-11-14-7-5-9-15(17(14)12-13)16-8-3-4-10-18(16)19(20,21)22;1-3-2;/h2*3-5,7-12H,2,6H2,1H3;1-2H3;/q2*-1;;+2. The summed E-state index contributed by atoms with van der Waals surface area (Å²) in [5.41, 5.74) is 2.97. The summed E-state index contributed by atoms with van der Waals surface area (Å²) in [5.74, 6) is 0. The fourth-order valence-corrected chi connectivity index (χ4v) is 5.86. The molecule has 48 heavy (non-hydrogen) atoms. The van der Waals surface area contributed by atoms with E-state index in [2.05, 4.69) is 39.1 Å². The fraction of sp³-hybridized carbons (Fsp3) is 0.250. The van der Waals surface area contributed by atoms with Crippen LogP contribution in [0.25, 0.3) is 43.8 Å². The van der Waals surface area contributed by atoms with Crippen LogP contribution in [0, 0.1) is 0 Å². The fourth-order valence-electron chi connectivity index (χ4n) is 5.86. The van der Waals surface area contributed by atoms with Crippen molar-refractivity contribution in [2.75, 3.05) is 0 Å². The smallest absolute Gasteiger partial charge is 0.166 e. The molecule has 0 amide bonds. The van der Waals surface area contributed by atoms with E-state index in [-0.39, 0.29) is 37.3 Å². The normalized spacial score (nSPS) is 11.4. The van der Waals surface area contributed by atoms with E-state index < -0.39 is 23.5 Å². The zero-order valence-corrected chi connectivity index (χ0v) is 30.9. The third-order valence-corrected chi connectivity index (χ3v) is 7.74. The minimum Gasteiger partial charge on any atom is -0.166 e. The van der Waals surface area contributed by atoms with E-state index in [0.717, 1.165) is 68.9 Å². The molecule has 0 aliphatic rings. The van der Waals surface area contributed by atoms with Gasteiger partial charge in [-0.1, -0.05) is 99.4 Å². The predicted octanol–water partition coefficient (Wildman–Crippen LogP) is 13.2. The molecule has 0 N–H and O–H groups in total. The summed E-state index contributed by atoms with van der Waals surface area (Å²) in [7, 11) is 1.08. The SMILES string of the molecule is CCCc1cc2c(-c3ccccc3C(F)(F)F)cccc2[cH-]1.CCCc1cc2c(-c3ccccc3C(F)(F)F)cccc2[cH-]1.C[Si]C.[Zr+2]. The molecule has 0 spiro atoms. The van der Waals surface area contributed by atoms with E-state index in [9.17, 15) is 26.3 Å². The van der Waals surface area contributed by atoms with Gasteiger partial charge in [0, 0.05) is 9.52 Å². The monoisotopic (exact) mass is 750 g/mol. The summed E-state index contributed by atoms with van der Waals surface area (Å²) in [4.78, 5) is 0. The van der Waals surface area contributed by atoms with Gasteiger partial charge in [0.15, 0.2) is 0 Å². The predicted molar refractivity (Wildman–Crippen MR) is 185 cm³/mol. The molecule has 0 aliphatic carbocycles. The summed E-state index contributed by atoms with van der Waals surface area (Å²) >= 11 is 0. The van der Waals surface area contributed by atoms with Crippen LogP contribution < -0.4 is 0 Å². The molecule has 0 saturated carbocycles. The molecule has 6 aromatic rings. The Morgan fingerprint density at radius 2 is 0.854 bits per heavy atom. The van der Waals surface area contributed by atoms with Crippen LogP contribution in [0.4, 0.5) is 26.3 Å². The number of halogens is 6. The van der Waals surface area contributed by atoms with E-state index in [0.29, 0.717) is 11.1 Å². The van der Waals surface area contributed by atoms with Gasteiger partial charge < -0.3 is 0 Å². The van der Waals surface area contributed by atoms with Gasteiger partial charge in [-0.15, -0.1) is 69.1 Å². The molecule has 0 atom stereocenters. The zero-order valence-electron chi connectivity index (χ0n) is 27.5. The van der Waals surface area contributed by atoms with Crippen molar-refractivity contribution in [2.24, 2.45) is 0 Å². The molecular formula is C40H38F6SiZr. The maximum Gasteiger partial charge on any atom is 2.00 e. The van der Waals surface area contributed by atoms with Gasteiger partial charge in [-0.3, -0.25) is 0 Å². The van der Waals surface area contributed by atoms with Crippen molar-refractivity contribution < 1.29 is 52.5 Å². The van der Waals surface area contributed by atoms with E-state index >= 15 is 0 Å². The first kappa shape index (κ1) is 39.2. The molecule has 0 fully saturated rings. The first-order valence-electron chi connectivity index (χ1n) is 15.7. The van der Waals surface area contributed by atoms with Gasteiger partial charge in [0.25, 0.3) is 0 Å². The van der Waals surface area contributed by atoms with Crippen LogP contribution >= 0.6 is 0 Å². The molecule has 0 bridgehead atoms. The zero-order chi connectivity index (χ0) is 34.2. The van der Waals surface area contributed by atoms with Crippen LogP contribution in [0.2, 0.25) is 13.1 Å². The third-order valence-electron chi connectivity index (χ3n) is 7.74. The minimum atomic E-state index is -4.35. The first-order chi connectivity index (χ1) is 22.4. The van der Waals surface area contributed by atoms with E-state index in [1.54, 1.807) is 36.4 Å². The van der Waals surface area contributed by atoms with Crippen molar-refractivity contribution in [3.63, 3.8) is 0 Å². The Labute approximate surface area is 300 Å². The van der Waals surface area contributed by atoms with Crippen LogP contribution in [-0.2, 0) is 51.4 Å². The quantitative estimate of drug-likeness (QED) is 0.0903. The van der Waals surface area contributed by atoms with Crippen molar-refractivity contribution in [1.82, 2.24) is 0 Å². The van der Waals surface area contributed by atoms with Crippen LogP contribution in [-0.4, -0.2) is 9.52 Å². The molecular weight excluding hydrogens is 714 g/mol. The van der Waals surface area contributed by atoms with E-state index in [1.165, 1.54) is 23.3 Å². The summed E-state index contributed by atoms with van der Waals surface area (Å²) in [6.07, 6.45) is -4.78. The van der Waals surface area contributed by atoms with Crippen LogP contribution in [0.15, 0.2) is 109 Å². The van der Waals surface area contributed by atoms with Gasteiger partial charge >= 0.3 is 38.6 Å². The van der Waals surface area contributed by atoms with Crippen molar-refractivity contribution in [3.05, 3.63) is 131 Å². The topological polar surface area (TPSA) is 0 Å². The number of hydrogen-bond acceptors (Lipinski definition) is 0. The van der Waals surface area contributed by atoms with Gasteiger partial charge in [-0.25, -0.2) is 0 Å². The Bertz CT molecular complexity index is 1760. The molecule has 6 rings (SSSR count). The van der Waals surface area contributed by atoms with Crippen molar-refractivity contribution in [1.29, 1.82) is 0 Å². The van der Waals surface area contributed by atoms with Crippen LogP contribution in [0.3, 0.4) is 0 Å². The maximum absolute atomic E-state index is 13.3. The second-order valence-electron chi connectivity index (χ2n) is 11.4. The molecule has 0 saturated heterocycles. The van der Waals surface area contributed by atoms with Crippen molar-refractivity contribution in [2.45, 2.75) is 65.0 Å². The number of fused-ring (bicyclic) bond motifs is 2. The van der Waals surface area contributed by atoms with Gasteiger partial charge in [0.1, 0.15) is 0 Å². The molecule has 0 heterocycles. The largest absolute Gasteiger partial charge is 2.00 e. The third kappa shape index (κ3) is 9.47. The van der Waals surface area contributed by atoms with E-state index in [1.807, 2.05) is 36.4 Å². The number of alkyl halides is 6. The summed E-state index contributed by atoms with van der Waals surface area (Å²) in [6.45, 7) is 8.50. The summed E-state index contributed by atoms with van der Waals surface area (Å²) in [5, 5.41) is 3.78. The number of aryl methyl sites for hydroxylation is 2. The van der Waals surface area contributed by atoms with Crippen molar-refractivity contribution in [3.8, 4) is 22.3 Å². The molecule has 0 aromatic heterocycles. The Balaban J connectivity index is 0.000000236. The Hall–Kier alpha value is -3.22. The summed E-state index contributed by atoms with van der Waals surface area (Å²) < 4.78 is 79.6. The Morgan fingerprint density at radius 3 is 1.19 bits per heavy atom. The van der Waals surface area contributed by atoms with Gasteiger partial charge in [0.2, 0.25) is 0 Å². The minimum absolute atomic E-state index is 0. The Morgan fingerprint density at radius 1 is 0.521 bits per heavy atom.